The maximum absolute atomic E-state index is 5.98. The number of hydrogen-bond donors (Lipinski definition) is 1. The topological polar surface area (TPSA) is 52.0 Å². The van der Waals surface area contributed by atoms with E-state index in [1.807, 2.05) is 12.1 Å². The second-order valence-electron chi connectivity index (χ2n) is 2.84. The van der Waals surface area contributed by atoms with Crippen LogP contribution >= 0.6 is 50.1 Å². The van der Waals surface area contributed by atoms with Crippen molar-refractivity contribution in [3.63, 3.8) is 0 Å². The summed E-state index contributed by atoms with van der Waals surface area (Å²) in [5, 5.41) is 4.31. The largest absolute Gasteiger partial charge is 0.380 e. The van der Waals surface area contributed by atoms with Gasteiger partial charge in [0.2, 0.25) is 0 Å². The lowest BCUT2D eigenvalue weighted by molar-refractivity contribution is 0.435. The number of nitrogen functional groups attached to an aromatic ring is 1. The number of halogens is 3. The van der Waals surface area contributed by atoms with Crippen LogP contribution in [0.15, 0.2) is 27.2 Å². The van der Waals surface area contributed by atoms with E-state index in [1.165, 1.54) is 0 Å². The number of benzene rings is 1. The molecule has 2 N–H and O–H groups in total. The Labute approximate surface area is 113 Å². The molecule has 0 saturated carbocycles. The van der Waals surface area contributed by atoms with E-state index in [9.17, 15) is 0 Å². The monoisotopic (exact) mass is 398 g/mol. The third kappa shape index (κ3) is 2.14. The Morgan fingerprint density at radius 1 is 1.47 bits per heavy atom. The molecule has 2 rings (SSSR count). The van der Waals surface area contributed by atoms with Gasteiger partial charge in [0, 0.05) is 10.0 Å². The Bertz CT molecular complexity index is 515. The highest BCUT2D eigenvalue weighted by Crippen LogP contribution is 2.33. The molecule has 0 aliphatic heterocycles. The van der Waals surface area contributed by atoms with Crippen molar-refractivity contribution < 1.29 is 4.52 Å². The number of aromatic nitrogens is 1. The minimum Gasteiger partial charge on any atom is -0.380 e. The molecule has 0 amide bonds. The van der Waals surface area contributed by atoms with Crippen LogP contribution in [0.2, 0.25) is 5.02 Å². The lowest BCUT2D eigenvalue weighted by Gasteiger charge is -1.99. The van der Waals surface area contributed by atoms with Gasteiger partial charge in [0.1, 0.15) is 3.57 Å². The molecule has 78 valence electrons. The van der Waals surface area contributed by atoms with E-state index < -0.39 is 0 Å². The van der Waals surface area contributed by atoms with Crippen molar-refractivity contribution in [1.29, 1.82) is 0 Å². The molecular formula is C9H5BrClIN2O. The molecule has 2 aromatic rings. The zero-order valence-electron chi connectivity index (χ0n) is 7.30. The number of anilines is 1. The highest BCUT2D eigenvalue weighted by Gasteiger charge is 2.13. The van der Waals surface area contributed by atoms with Gasteiger partial charge in [-0.3, -0.25) is 0 Å². The molecule has 0 fully saturated rings. The lowest BCUT2D eigenvalue weighted by Crippen LogP contribution is -1.86. The number of nitrogens with zero attached hydrogens (tertiary/aromatic N) is 1. The Hall–Kier alpha value is -0.270. The number of rotatable bonds is 1. The zero-order chi connectivity index (χ0) is 11.0. The van der Waals surface area contributed by atoms with Gasteiger partial charge >= 0.3 is 0 Å². The Morgan fingerprint density at radius 3 is 2.73 bits per heavy atom. The zero-order valence-corrected chi connectivity index (χ0v) is 11.8. The molecule has 1 aromatic heterocycles. The molecule has 0 atom stereocenters. The Kier molecular flexibility index (Phi) is 3.22. The van der Waals surface area contributed by atoms with E-state index in [0.717, 1.165) is 13.6 Å². The minimum atomic E-state index is 0.393. The summed E-state index contributed by atoms with van der Waals surface area (Å²) in [5.41, 5.74) is 6.45. The molecule has 1 aromatic carbocycles. The summed E-state index contributed by atoms with van der Waals surface area (Å²) in [6.07, 6.45) is 0. The fourth-order valence-corrected chi connectivity index (χ4v) is 2.04. The Balaban J connectivity index is 2.55. The van der Waals surface area contributed by atoms with Gasteiger partial charge in [-0.25, -0.2) is 0 Å². The second kappa shape index (κ2) is 4.31. The first-order valence-electron chi connectivity index (χ1n) is 3.95. The van der Waals surface area contributed by atoms with Crippen LogP contribution in [0.1, 0.15) is 0 Å². The predicted molar refractivity (Wildman–Crippen MR) is 71.8 cm³/mol. The van der Waals surface area contributed by atoms with Gasteiger partial charge in [-0.1, -0.05) is 16.8 Å². The van der Waals surface area contributed by atoms with Crippen molar-refractivity contribution in [2.24, 2.45) is 0 Å². The van der Waals surface area contributed by atoms with E-state index in [4.69, 9.17) is 21.9 Å². The fourth-order valence-electron chi connectivity index (χ4n) is 1.11. The summed E-state index contributed by atoms with van der Waals surface area (Å²) in [6.45, 7) is 0. The van der Waals surface area contributed by atoms with Crippen LogP contribution < -0.4 is 5.73 Å². The summed E-state index contributed by atoms with van der Waals surface area (Å²) in [6, 6.07) is 5.54. The summed E-state index contributed by atoms with van der Waals surface area (Å²) >= 11 is 11.4. The molecule has 0 spiro atoms. The highest BCUT2D eigenvalue weighted by atomic mass is 127. The van der Waals surface area contributed by atoms with Crippen molar-refractivity contribution in [2.45, 2.75) is 0 Å². The molecule has 3 nitrogen and oxygen atoms in total. The molecule has 0 unspecified atom stereocenters. The van der Waals surface area contributed by atoms with Crippen LogP contribution in [0.5, 0.6) is 0 Å². The van der Waals surface area contributed by atoms with E-state index in [-0.39, 0.29) is 0 Å². The van der Waals surface area contributed by atoms with Crippen molar-refractivity contribution in [3.05, 3.63) is 31.3 Å². The van der Waals surface area contributed by atoms with E-state index in [1.54, 1.807) is 6.07 Å². The normalized spacial score (nSPS) is 10.6. The van der Waals surface area contributed by atoms with Crippen LogP contribution in [0.4, 0.5) is 5.82 Å². The summed E-state index contributed by atoms with van der Waals surface area (Å²) in [5.74, 6) is 1.03. The predicted octanol–water partition coefficient (Wildman–Crippen LogP) is 3.94. The van der Waals surface area contributed by atoms with Gasteiger partial charge in [-0.2, -0.15) is 0 Å². The van der Waals surface area contributed by atoms with Gasteiger partial charge in [0.05, 0.1) is 5.02 Å². The van der Waals surface area contributed by atoms with Crippen LogP contribution in [-0.4, -0.2) is 5.16 Å². The molecule has 0 aliphatic rings. The van der Waals surface area contributed by atoms with Crippen LogP contribution in [-0.2, 0) is 0 Å². The van der Waals surface area contributed by atoms with Gasteiger partial charge in [-0.15, -0.1) is 0 Å². The second-order valence-corrected chi connectivity index (χ2v) is 5.18. The fraction of sp³-hybridized carbons (Fsp3) is 0. The third-order valence-corrected chi connectivity index (χ3v) is 4.12. The first-order valence-corrected chi connectivity index (χ1v) is 6.20. The van der Waals surface area contributed by atoms with Gasteiger partial charge in [0.25, 0.3) is 0 Å². The standard InChI is InChI=1S/C9H5BrClIN2O/c10-5-2-1-4(3-6(5)11)8-7(12)9(13)14-15-8/h1-3H,(H2,13,14). The molecule has 0 bridgehead atoms. The molecular weight excluding hydrogens is 394 g/mol. The summed E-state index contributed by atoms with van der Waals surface area (Å²) < 4.78 is 6.76. The maximum Gasteiger partial charge on any atom is 0.182 e. The molecule has 6 heteroatoms. The first-order chi connectivity index (χ1) is 7.09. The van der Waals surface area contributed by atoms with E-state index in [2.05, 4.69) is 43.7 Å². The van der Waals surface area contributed by atoms with Crippen molar-refractivity contribution in [3.8, 4) is 11.3 Å². The minimum absolute atomic E-state index is 0.393. The van der Waals surface area contributed by atoms with Gasteiger partial charge in [0.15, 0.2) is 11.6 Å². The number of nitrogens with two attached hydrogens (primary N) is 1. The number of hydrogen-bond acceptors (Lipinski definition) is 3. The van der Waals surface area contributed by atoms with E-state index >= 15 is 0 Å². The van der Waals surface area contributed by atoms with Gasteiger partial charge < -0.3 is 10.3 Å². The van der Waals surface area contributed by atoms with Crippen LogP contribution in [0.3, 0.4) is 0 Å². The SMILES string of the molecule is Nc1noc(-c2ccc(Br)c(Cl)c2)c1I. The van der Waals surface area contributed by atoms with Crippen molar-refractivity contribution >= 4 is 55.9 Å². The smallest absolute Gasteiger partial charge is 0.182 e. The van der Waals surface area contributed by atoms with Crippen molar-refractivity contribution in [1.82, 2.24) is 5.16 Å². The quantitative estimate of drug-likeness (QED) is 0.739. The molecule has 0 saturated heterocycles. The van der Waals surface area contributed by atoms with Gasteiger partial charge in [-0.05, 0) is 56.7 Å². The molecule has 1 heterocycles. The maximum atomic E-state index is 5.98. The first kappa shape index (κ1) is 11.2. The Morgan fingerprint density at radius 2 is 2.20 bits per heavy atom. The highest BCUT2D eigenvalue weighted by molar-refractivity contribution is 14.1. The molecule has 15 heavy (non-hydrogen) atoms. The van der Waals surface area contributed by atoms with Crippen molar-refractivity contribution in [2.75, 3.05) is 5.73 Å². The third-order valence-electron chi connectivity index (χ3n) is 1.84. The van der Waals surface area contributed by atoms with E-state index in [0.29, 0.717) is 16.6 Å². The lowest BCUT2D eigenvalue weighted by atomic mass is 10.2. The summed E-state index contributed by atoms with van der Waals surface area (Å²) in [7, 11) is 0. The van der Waals surface area contributed by atoms with Crippen LogP contribution in [0, 0.1) is 3.57 Å². The average molecular weight is 399 g/mol. The average Bonchev–Trinajstić information content (AvgIpc) is 2.53. The molecule has 0 radical (unpaired) electrons. The molecule has 0 aliphatic carbocycles. The van der Waals surface area contributed by atoms with Crippen LogP contribution in [0.25, 0.3) is 11.3 Å². The summed E-state index contributed by atoms with van der Waals surface area (Å²) in [4.78, 5) is 0.